The van der Waals surface area contributed by atoms with Crippen LogP contribution in [0.15, 0.2) is 30.5 Å². The van der Waals surface area contributed by atoms with Gasteiger partial charge in [0.25, 0.3) is 0 Å². The van der Waals surface area contributed by atoms with Crippen molar-refractivity contribution in [3.05, 3.63) is 35.5 Å². The van der Waals surface area contributed by atoms with Gasteiger partial charge in [0.1, 0.15) is 10.5 Å². The van der Waals surface area contributed by atoms with Crippen LogP contribution < -0.4 is 11.5 Å². The molecule has 0 aliphatic heterocycles. The standard InChI is InChI=1S/C14H12N6S/c15-6-11-19-12-13(21-11)8-2-1-7(9-3-4-17-20-9)5-10(8)18-14(12)16/h1-5H,6,15H2,(H2,16,18)(H,17,20). The van der Waals surface area contributed by atoms with Gasteiger partial charge >= 0.3 is 0 Å². The summed E-state index contributed by atoms with van der Waals surface area (Å²) in [7, 11) is 0. The second-order valence-corrected chi connectivity index (χ2v) is 5.77. The molecule has 0 radical (unpaired) electrons. The number of rotatable bonds is 2. The maximum Gasteiger partial charge on any atom is 0.151 e. The minimum absolute atomic E-state index is 0.409. The molecule has 4 rings (SSSR count). The lowest BCUT2D eigenvalue weighted by Gasteiger charge is -2.03. The Hall–Kier alpha value is -2.51. The van der Waals surface area contributed by atoms with E-state index in [0.717, 1.165) is 37.4 Å². The lowest BCUT2D eigenvalue weighted by Crippen LogP contribution is -1.95. The summed E-state index contributed by atoms with van der Waals surface area (Å²) in [6, 6.07) is 8.00. The number of pyridine rings is 1. The van der Waals surface area contributed by atoms with Crippen LogP contribution in [-0.2, 0) is 6.54 Å². The number of hydrogen-bond donors (Lipinski definition) is 3. The molecule has 21 heavy (non-hydrogen) atoms. The molecule has 0 unspecified atom stereocenters. The van der Waals surface area contributed by atoms with E-state index in [1.54, 1.807) is 17.5 Å². The molecule has 0 saturated heterocycles. The number of aromatic nitrogens is 4. The van der Waals surface area contributed by atoms with Gasteiger partial charge in [-0.15, -0.1) is 11.3 Å². The number of nitrogen functional groups attached to an aromatic ring is 1. The topological polar surface area (TPSA) is 106 Å². The fraction of sp³-hybridized carbons (Fsp3) is 0.0714. The van der Waals surface area contributed by atoms with Crippen molar-refractivity contribution < 1.29 is 0 Å². The van der Waals surface area contributed by atoms with Crippen LogP contribution in [0.5, 0.6) is 0 Å². The number of nitrogens with one attached hydrogen (secondary N) is 1. The quantitative estimate of drug-likeness (QED) is 0.526. The Morgan fingerprint density at radius 2 is 2.10 bits per heavy atom. The van der Waals surface area contributed by atoms with Crippen molar-refractivity contribution in [1.29, 1.82) is 0 Å². The highest BCUT2D eigenvalue weighted by Crippen LogP contribution is 2.33. The van der Waals surface area contributed by atoms with Crippen molar-refractivity contribution in [3.8, 4) is 11.3 Å². The van der Waals surface area contributed by atoms with Crippen LogP contribution in [0.4, 0.5) is 5.82 Å². The summed E-state index contributed by atoms with van der Waals surface area (Å²) in [5.74, 6) is 0.440. The van der Waals surface area contributed by atoms with Crippen molar-refractivity contribution in [2.45, 2.75) is 6.54 Å². The lowest BCUT2D eigenvalue weighted by molar-refractivity contribution is 1.05. The van der Waals surface area contributed by atoms with Crippen molar-refractivity contribution in [1.82, 2.24) is 20.2 Å². The Morgan fingerprint density at radius 1 is 1.19 bits per heavy atom. The highest BCUT2D eigenvalue weighted by molar-refractivity contribution is 7.19. The molecule has 3 aromatic heterocycles. The van der Waals surface area contributed by atoms with E-state index < -0.39 is 0 Å². The lowest BCUT2D eigenvalue weighted by atomic mass is 10.1. The summed E-state index contributed by atoms with van der Waals surface area (Å²) in [6.45, 7) is 0.409. The third-order valence-electron chi connectivity index (χ3n) is 3.38. The Morgan fingerprint density at radius 3 is 2.86 bits per heavy atom. The van der Waals surface area contributed by atoms with E-state index in [2.05, 4.69) is 20.2 Å². The number of aromatic amines is 1. The first kappa shape index (κ1) is 12.2. The van der Waals surface area contributed by atoms with Gasteiger partial charge in [-0.05, 0) is 12.1 Å². The Labute approximate surface area is 123 Å². The molecule has 0 bridgehead atoms. The van der Waals surface area contributed by atoms with Gasteiger partial charge in [0, 0.05) is 23.7 Å². The predicted octanol–water partition coefficient (Wildman–Crippen LogP) is 2.28. The van der Waals surface area contributed by atoms with E-state index in [1.807, 2.05) is 24.3 Å². The zero-order chi connectivity index (χ0) is 14.4. The molecular formula is C14H12N6S. The van der Waals surface area contributed by atoms with Crippen LogP contribution in [-0.4, -0.2) is 20.2 Å². The molecule has 5 N–H and O–H groups in total. The number of H-pyrrole nitrogens is 1. The normalized spacial score (nSPS) is 11.5. The molecule has 104 valence electrons. The summed E-state index contributed by atoms with van der Waals surface area (Å²) in [4.78, 5) is 8.91. The third kappa shape index (κ3) is 1.86. The van der Waals surface area contributed by atoms with E-state index in [0.29, 0.717) is 12.4 Å². The highest BCUT2D eigenvalue weighted by Gasteiger charge is 2.12. The van der Waals surface area contributed by atoms with Crippen LogP contribution >= 0.6 is 11.3 Å². The van der Waals surface area contributed by atoms with Gasteiger partial charge in [0.15, 0.2) is 5.82 Å². The van der Waals surface area contributed by atoms with E-state index in [9.17, 15) is 0 Å². The van der Waals surface area contributed by atoms with Crippen LogP contribution in [0.1, 0.15) is 5.01 Å². The summed E-state index contributed by atoms with van der Waals surface area (Å²) < 4.78 is 1.04. The molecule has 0 atom stereocenters. The third-order valence-corrected chi connectivity index (χ3v) is 4.49. The van der Waals surface area contributed by atoms with Gasteiger partial charge < -0.3 is 11.5 Å². The van der Waals surface area contributed by atoms with E-state index >= 15 is 0 Å². The highest BCUT2D eigenvalue weighted by atomic mass is 32.1. The first-order valence-corrected chi connectivity index (χ1v) is 7.26. The number of benzene rings is 1. The van der Waals surface area contributed by atoms with Crippen molar-refractivity contribution in [3.63, 3.8) is 0 Å². The van der Waals surface area contributed by atoms with E-state index in [4.69, 9.17) is 11.5 Å². The molecule has 4 aromatic rings. The van der Waals surface area contributed by atoms with Crippen LogP contribution in [0, 0.1) is 0 Å². The number of anilines is 1. The Bertz CT molecular complexity index is 941. The Kier molecular flexibility index (Phi) is 2.63. The molecule has 0 fully saturated rings. The summed E-state index contributed by atoms with van der Waals surface area (Å²) in [6.07, 6.45) is 1.72. The van der Waals surface area contributed by atoms with Crippen molar-refractivity contribution >= 4 is 38.3 Å². The molecule has 0 aliphatic rings. The first-order valence-electron chi connectivity index (χ1n) is 6.45. The SMILES string of the molecule is NCc1nc2c(N)nc3cc(-c4ccn[nH]4)ccc3c2s1. The fourth-order valence-electron chi connectivity index (χ4n) is 2.39. The fourth-order valence-corrected chi connectivity index (χ4v) is 3.38. The van der Waals surface area contributed by atoms with Crippen LogP contribution in [0.2, 0.25) is 0 Å². The van der Waals surface area contributed by atoms with E-state index in [1.165, 1.54) is 0 Å². The number of thiazole rings is 1. The molecular weight excluding hydrogens is 284 g/mol. The zero-order valence-corrected chi connectivity index (χ0v) is 11.8. The molecule has 7 heteroatoms. The number of hydrogen-bond acceptors (Lipinski definition) is 6. The predicted molar refractivity (Wildman–Crippen MR) is 84.8 cm³/mol. The zero-order valence-electron chi connectivity index (χ0n) is 11.0. The van der Waals surface area contributed by atoms with Gasteiger partial charge in [0.2, 0.25) is 0 Å². The number of fused-ring (bicyclic) bond motifs is 3. The summed E-state index contributed by atoms with van der Waals surface area (Å²) in [5, 5.41) is 8.82. The Balaban J connectivity index is 2.02. The smallest absolute Gasteiger partial charge is 0.151 e. The summed E-state index contributed by atoms with van der Waals surface area (Å²) in [5.41, 5.74) is 15.3. The maximum absolute atomic E-state index is 6.03. The molecule has 0 aliphatic carbocycles. The minimum Gasteiger partial charge on any atom is -0.382 e. The monoisotopic (exact) mass is 296 g/mol. The summed E-state index contributed by atoms with van der Waals surface area (Å²) >= 11 is 1.57. The molecule has 0 spiro atoms. The van der Waals surface area contributed by atoms with Crippen molar-refractivity contribution in [2.24, 2.45) is 5.73 Å². The van der Waals surface area contributed by atoms with Crippen LogP contribution in [0.25, 0.3) is 32.4 Å². The van der Waals surface area contributed by atoms with E-state index in [-0.39, 0.29) is 0 Å². The molecule has 0 saturated carbocycles. The van der Waals surface area contributed by atoms with Crippen LogP contribution in [0.3, 0.4) is 0 Å². The average molecular weight is 296 g/mol. The minimum atomic E-state index is 0.409. The number of nitrogens with two attached hydrogens (primary N) is 2. The van der Waals surface area contributed by atoms with Gasteiger partial charge in [0.05, 0.1) is 15.9 Å². The van der Waals surface area contributed by atoms with Gasteiger partial charge in [-0.1, -0.05) is 12.1 Å². The maximum atomic E-state index is 6.03. The molecule has 6 nitrogen and oxygen atoms in total. The largest absolute Gasteiger partial charge is 0.382 e. The number of nitrogens with zero attached hydrogens (tertiary/aromatic N) is 3. The van der Waals surface area contributed by atoms with Crippen molar-refractivity contribution in [2.75, 3.05) is 5.73 Å². The van der Waals surface area contributed by atoms with Gasteiger partial charge in [-0.3, -0.25) is 5.10 Å². The second-order valence-electron chi connectivity index (χ2n) is 4.69. The average Bonchev–Trinajstić information content (AvgIpc) is 3.16. The molecule has 3 heterocycles. The first-order chi connectivity index (χ1) is 10.3. The molecule has 0 amide bonds. The molecule has 1 aromatic carbocycles. The van der Waals surface area contributed by atoms with Gasteiger partial charge in [-0.2, -0.15) is 5.10 Å². The second kappa shape index (κ2) is 4.51. The van der Waals surface area contributed by atoms with Gasteiger partial charge in [-0.25, -0.2) is 9.97 Å².